The van der Waals surface area contributed by atoms with Gasteiger partial charge in [-0.1, -0.05) is 51.0 Å². The van der Waals surface area contributed by atoms with Gasteiger partial charge in [0.05, 0.1) is 5.54 Å². The number of aryl methyl sites for hydroxylation is 1. The van der Waals surface area contributed by atoms with Crippen LogP contribution in [0, 0.1) is 6.92 Å². The van der Waals surface area contributed by atoms with E-state index >= 15 is 0 Å². The minimum atomic E-state index is -0.0817. The molecule has 0 aromatic heterocycles. The van der Waals surface area contributed by atoms with Crippen LogP contribution >= 0.6 is 8.58 Å². The molecule has 21 heavy (non-hydrogen) atoms. The fraction of sp³-hybridized carbons (Fsp3) is 0.278. The third-order valence-electron chi connectivity index (χ3n) is 3.06. The van der Waals surface area contributed by atoms with Crippen molar-refractivity contribution in [2.24, 2.45) is 4.99 Å². The summed E-state index contributed by atoms with van der Waals surface area (Å²) in [6, 6.07) is 14.1. The number of nitrogens with zero attached hydrogens (tertiary/aromatic N) is 1. The molecule has 0 fully saturated rings. The molecule has 0 bridgehead atoms. The van der Waals surface area contributed by atoms with E-state index in [1.807, 2.05) is 43.5 Å². The zero-order chi connectivity index (χ0) is 15.5. The molecule has 0 radical (unpaired) electrons. The molecular weight excluding hydrogens is 277 g/mol. The quantitative estimate of drug-likeness (QED) is 0.682. The summed E-state index contributed by atoms with van der Waals surface area (Å²) in [5, 5.41) is 12.4. The molecule has 2 aromatic rings. The molecule has 0 heterocycles. The van der Waals surface area contributed by atoms with Gasteiger partial charge in [0.15, 0.2) is 0 Å². The average Bonchev–Trinajstić information content (AvgIpc) is 2.42. The molecule has 2 rings (SSSR count). The summed E-state index contributed by atoms with van der Waals surface area (Å²) in [5.41, 5.74) is 1.95. The first-order valence-corrected chi connectivity index (χ1v) is 8.07. The van der Waals surface area contributed by atoms with Crippen LogP contribution in [0.25, 0.3) is 0 Å². The maximum atomic E-state index is 10.2. The standard InChI is InChI=1S/C18H22NOP/c1-13-8-7-11-16(17(13)20)21-15-10-6-5-9-14(15)12-19-18(2,3)4/h5-12,20-21H,1-4H3. The van der Waals surface area contributed by atoms with E-state index in [4.69, 9.17) is 0 Å². The molecule has 110 valence electrons. The van der Waals surface area contributed by atoms with Crippen molar-refractivity contribution in [1.29, 1.82) is 0 Å². The van der Waals surface area contributed by atoms with Crippen molar-refractivity contribution in [2.75, 3.05) is 0 Å². The van der Waals surface area contributed by atoms with Crippen molar-refractivity contribution in [3.8, 4) is 5.75 Å². The Hall–Kier alpha value is -1.66. The molecule has 0 spiro atoms. The Labute approximate surface area is 128 Å². The largest absolute Gasteiger partial charge is 0.507 e. The van der Waals surface area contributed by atoms with E-state index in [9.17, 15) is 5.11 Å². The lowest BCUT2D eigenvalue weighted by Crippen LogP contribution is -2.13. The highest BCUT2D eigenvalue weighted by molar-refractivity contribution is 7.56. The zero-order valence-electron chi connectivity index (χ0n) is 13.0. The summed E-state index contributed by atoms with van der Waals surface area (Å²) in [6.45, 7) is 8.18. The third kappa shape index (κ3) is 4.41. The third-order valence-corrected chi connectivity index (χ3v) is 4.46. The van der Waals surface area contributed by atoms with Crippen LogP contribution in [0.2, 0.25) is 0 Å². The molecule has 0 saturated heterocycles. The minimum absolute atomic E-state index is 0.0817. The van der Waals surface area contributed by atoms with Gasteiger partial charge in [-0.25, -0.2) is 0 Å². The second-order valence-electron chi connectivity index (χ2n) is 6.11. The first-order chi connectivity index (χ1) is 9.87. The van der Waals surface area contributed by atoms with E-state index in [1.54, 1.807) is 0 Å². The van der Waals surface area contributed by atoms with Crippen LogP contribution in [0.3, 0.4) is 0 Å². The van der Waals surface area contributed by atoms with E-state index in [0.717, 1.165) is 16.4 Å². The molecule has 0 amide bonds. The number of phenols is 1. The lowest BCUT2D eigenvalue weighted by molar-refractivity contribution is 0.475. The number of aromatic hydroxyl groups is 1. The molecule has 0 aliphatic carbocycles. The number of benzene rings is 2. The maximum Gasteiger partial charge on any atom is 0.126 e. The normalized spacial score (nSPS) is 12.6. The molecule has 2 aromatic carbocycles. The second kappa shape index (κ2) is 6.41. The van der Waals surface area contributed by atoms with Gasteiger partial charge in [0.1, 0.15) is 5.75 Å². The maximum absolute atomic E-state index is 10.2. The molecule has 3 heteroatoms. The fourth-order valence-electron chi connectivity index (χ4n) is 1.89. The minimum Gasteiger partial charge on any atom is -0.507 e. The second-order valence-corrected chi connectivity index (χ2v) is 7.44. The number of hydrogen-bond acceptors (Lipinski definition) is 2. The predicted molar refractivity (Wildman–Crippen MR) is 94.2 cm³/mol. The summed E-state index contributed by atoms with van der Waals surface area (Å²) in [7, 11) is 0.423. The predicted octanol–water partition coefficient (Wildman–Crippen LogP) is 3.55. The highest BCUT2D eigenvalue weighted by atomic mass is 31.1. The Morgan fingerprint density at radius 1 is 1.00 bits per heavy atom. The van der Waals surface area contributed by atoms with Gasteiger partial charge in [-0.2, -0.15) is 0 Å². The van der Waals surface area contributed by atoms with Gasteiger partial charge in [-0.15, -0.1) is 0 Å². The van der Waals surface area contributed by atoms with Crippen molar-refractivity contribution >= 4 is 25.4 Å². The van der Waals surface area contributed by atoms with Gasteiger partial charge in [-0.05, 0) is 38.6 Å². The SMILES string of the molecule is Cc1cccc(Pc2ccccc2C=NC(C)(C)C)c1O. The van der Waals surface area contributed by atoms with Crippen molar-refractivity contribution < 1.29 is 5.11 Å². The number of rotatable bonds is 3. The Morgan fingerprint density at radius 3 is 2.38 bits per heavy atom. The van der Waals surface area contributed by atoms with Crippen LogP contribution in [0.1, 0.15) is 31.9 Å². The lowest BCUT2D eigenvalue weighted by atomic mass is 10.1. The smallest absolute Gasteiger partial charge is 0.126 e. The lowest BCUT2D eigenvalue weighted by Gasteiger charge is -2.13. The molecule has 1 N–H and O–H groups in total. The topological polar surface area (TPSA) is 32.6 Å². The van der Waals surface area contributed by atoms with Crippen LogP contribution in [0.5, 0.6) is 5.75 Å². The first kappa shape index (κ1) is 15.7. The van der Waals surface area contributed by atoms with Crippen LogP contribution in [-0.2, 0) is 0 Å². The summed E-state index contributed by atoms with van der Waals surface area (Å²) in [4.78, 5) is 4.59. The monoisotopic (exact) mass is 299 g/mol. The molecule has 1 atom stereocenters. The fourth-order valence-corrected chi connectivity index (χ4v) is 3.15. The first-order valence-electron chi connectivity index (χ1n) is 7.07. The van der Waals surface area contributed by atoms with E-state index in [2.05, 4.69) is 37.9 Å². The highest BCUT2D eigenvalue weighted by Crippen LogP contribution is 2.22. The average molecular weight is 299 g/mol. The Morgan fingerprint density at radius 2 is 1.67 bits per heavy atom. The van der Waals surface area contributed by atoms with E-state index < -0.39 is 0 Å². The van der Waals surface area contributed by atoms with Gasteiger partial charge in [0.2, 0.25) is 0 Å². The molecule has 2 nitrogen and oxygen atoms in total. The van der Waals surface area contributed by atoms with E-state index in [0.29, 0.717) is 14.3 Å². The molecule has 0 aliphatic heterocycles. The van der Waals surface area contributed by atoms with Gasteiger partial charge < -0.3 is 5.11 Å². The van der Waals surface area contributed by atoms with Gasteiger partial charge in [0, 0.05) is 17.1 Å². The summed E-state index contributed by atoms with van der Waals surface area (Å²) >= 11 is 0. The van der Waals surface area contributed by atoms with Crippen LogP contribution < -0.4 is 10.6 Å². The van der Waals surface area contributed by atoms with Gasteiger partial charge >= 0.3 is 0 Å². The number of phenolic OH excluding ortho intramolecular Hbond substituents is 1. The number of para-hydroxylation sites is 1. The van der Waals surface area contributed by atoms with Crippen LogP contribution in [0.15, 0.2) is 47.5 Å². The van der Waals surface area contributed by atoms with Gasteiger partial charge in [-0.3, -0.25) is 4.99 Å². The zero-order valence-corrected chi connectivity index (χ0v) is 14.0. The Bertz CT molecular complexity index is 657. The van der Waals surface area contributed by atoms with Crippen LogP contribution in [0.4, 0.5) is 0 Å². The molecule has 1 unspecified atom stereocenters. The summed E-state index contributed by atoms with van der Waals surface area (Å²) in [6.07, 6.45) is 1.94. The summed E-state index contributed by atoms with van der Waals surface area (Å²) < 4.78 is 0. The van der Waals surface area contributed by atoms with Crippen molar-refractivity contribution in [1.82, 2.24) is 0 Å². The van der Waals surface area contributed by atoms with Crippen molar-refractivity contribution in [3.63, 3.8) is 0 Å². The van der Waals surface area contributed by atoms with Crippen molar-refractivity contribution in [2.45, 2.75) is 33.2 Å². The molecular formula is C18H22NOP. The summed E-state index contributed by atoms with van der Waals surface area (Å²) in [5.74, 6) is 0.401. The van der Waals surface area contributed by atoms with Gasteiger partial charge in [0.25, 0.3) is 0 Å². The highest BCUT2D eigenvalue weighted by Gasteiger charge is 2.09. The van der Waals surface area contributed by atoms with Crippen LogP contribution in [-0.4, -0.2) is 16.9 Å². The molecule has 0 saturated carbocycles. The molecule has 0 aliphatic rings. The number of hydrogen-bond donors (Lipinski definition) is 1. The van der Waals surface area contributed by atoms with E-state index in [-0.39, 0.29) is 5.54 Å². The van der Waals surface area contributed by atoms with E-state index in [1.165, 1.54) is 5.30 Å². The van der Waals surface area contributed by atoms with Crippen molar-refractivity contribution in [3.05, 3.63) is 53.6 Å². The number of aliphatic imine (C=N–C) groups is 1. The Kier molecular flexibility index (Phi) is 4.80. The Balaban J connectivity index is 2.33.